The van der Waals surface area contributed by atoms with E-state index in [2.05, 4.69) is 17.4 Å². The van der Waals surface area contributed by atoms with Crippen LogP contribution in [-0.4, -0.2) is 19.8 Å². The Morgan fingerprint density at radius 3 is 2.33 bits per heavy atom. The van der Waals surface area contributed by atoms with E-state index in [-0.39, 0.29) is 0 Å². The van der Waals surface area contributed by atoms with Crippen molar-refractivity contribution in [1.29, 1.82) is 5.41 Å². The highest BCUT2D eigenvalue weighted by molar-refractivity contribution is 4.51. The Balaban J connectivity index is 2.15. The fourth-order valence-electron chi connectivity index (χ4n) is 1.55. The molecule has 1 aromatic heterocycles. The molecule has 0 aliphatic rings. The van der Waals surface area contributed by atoms with Crippen LogP contribution in [-0.2, 0) is 13.6 Å². The van der Waals surface area contributed by atoms with Crippen molar-refractivity contribution in [1.82, 2.24) is 19.8 Å². The number of aromatic nitrogens is 4. The van der Waals surface area contributed by atoms with Crippen LogP contribution in [0, 0.1) is 5.41 Å². The number of rotatable bonds is 7. The molecule has 1 aromatic rings. The summed E-state index contributed by atoms with van der Waals surface area (Å²) in [6.07, 6.45) is 7.57. The Kier molecular flexibility index (Phi) is 5.07. The van der Waals surface area contributed by atoms with Gasteiger partial charge in [0.05, 0.1) is 0 Å². The largest absolute Gasteiger partial charge is 0.266 e. The van der Waals surface area contributed by atoms with E-state index in [4.69, 9.17) is 5.41 Å². The fourth-order valence-corrected chi connectivity index (χ4v) is 1.55. The van der Waals surface area contributed by atoms with Gasteiger partial charge in [0, 0.05) is 13.6 Å². The summed E-state index contributed by atoms with van der Waals surface area (Å²) < 4.78 is 3.14. The van der Waals surface area contributed by atoms with E-state index >= 15 is 0 Å². The zero-order chi connectivity index (χ0) is 11.1. The van der Waals surface area contributed by atoms with E-state index in [9.17, 15) is 0 Å². The van der Waals surface area contributed by atoms with Gasteiger partial charge in [0.25, 0.3) is 0 Å². The third-order valence-electron chi connectivity index (χ3n) is 2.56. The van der Waals surface area contributed by atoms with E-state index in [0.717, 1.165) is 13.0 Å². The van der Waals surface area contributed by atoms with Gasteiger partial charge in [-0.1, -0.05) is 39.0 Å². The van der Waals surface area contributed by atoms with E-state index in [0.29, 0.717) is 5.62 Å². The molecule has 0 aliphatic carbocycles. The van der Waals surface area contributed by atoms with Gasteiger partial charge in [-0.25, -0.2) is 9.36 Å². The number of nitrogens with zero attached hydrogens (tertiary/aromatic N) is 4. The van der Waals surface area contributed by atoms with Gasteiger partial charge in [-0.3, -0.25) is 5.41 Å². The predicted octanol–water partition coefficient (Wildman–Crippen LogP) is 1.46. The number of aryl methyl sites for hydroxylation is 2. The predicted molar refractivity (Wildman–Crippen MR) is 58.2 cm³/mol. The summed E-state index contributed by atoms with van der Waals surface area (Å²) in [6, 6.07) is 0. The highest BCUT2D eigenvalue weighted by Gasteiger charge is 1.98. The molecule has 0 unspecified atom stereocenters. The molecular weight excluding hydrogens is 190 g/mol. The molecule has 0 aliphatic heterocycles. The topological polar surface area (TPSA) is 59.5 Å². The standard InChI is InChI=1S/C10H21N5/c1-3-4-5-6-7-8-9-15-10(11)14(2)12-13-15/h11H,3-9H2,1-2H3. The molecule has 1 rings (SSSR count). The summed E-state index contributed by atoms with van der Waals surface area (Å²) in [4.78, 5) is 0. The van der Waals surface area contributed by atoms with Crippen LogP contribution in [0.5, 0.6) is 0 Å². The van der Waals surface area contributed by atoms with Crippen LogP contribution >= 0.6 is 0 Å². The molecule has 1 heterocycles. The van der Waals surface area contributed by atoms with Crippen LogP contribution in [0.2, 0.25) is 0 Å². The Morgan fingerprint density at radius 2 is 1.73 bits per heavy atom. The lowest BCUT2D eigenvalue weighted by atomic mass is 10.1. The van der Waals surface area contributed by atoms with Gasteiger partial charge in [0.15, 0.2) is 0 Å². The third-order valence-corrected chi connectivity index (χ3v) is 2.56. The molecule has 0 radical (unpaired) electrons. The van der Waals surface area contributed by atoms with Crippen LogP contribution in [0.15, 0.2) is 0 Å². The van der Waals surface area contributed by atoms with Gasteiger partial charge >= 0.3 is 0 Å². The Bertz CT molecular complexity index is 325. The molecule has 0 aromatic carbocycles. The molecule has 0 bridgehead atoms. The second-order valence-corrected chi connectivity index (χ2v) is 3.92. The second-order valence-electron chi connectivity index (χ2n) is 3.92. The summed E-state index contributed by atoms with van der Waals surface area (Å²) in [6.45, 7) is 3.04. The van der Waals surface area contributed by atoms with Crippen LogP contribution in [0.4, 0.5) is 0 Å². The highest BCUT2D eigenvalue weighted by Crippen LogP contribution is 2.04. The van der Waals surface area contributed by atoms with Crippen molar-refractivity contribution in [3.8, 4) is 0 Å². The lowest BCUT2D eigenvalue weighted by Gasteiger charge is -2.00. The summed E-state index contributed by atoms with van der Waals surface area (Å²) in [5.41, 5.74) is 0.378. The van der Waals surface area contributed by atoms with Crippen LogP contribution in [0.25, 0.3) is 0 Å². The van der Waals surface area contributed by atoms with Crippen molar-refractivity contribution in [2.45, 2.75) is 52.0 Å². The normalized spacial score (nSPS) is 10.8. The monoisotopic (exact) mass is 211 g/mol. The number of unbranched alkanes of at least 4 members (excludes halogenated alkanes) is 5. The summed E-state index contributed by atoms with van der Waals surface area (Å²) in [7, 11) is 1.74. The average Bonchev–Trinajstić information content (AvgIpc) is 2.54. The maximum Gasteiger partial charge on any atom is 0.238 e. The van der Waals surface area contributed by atoms with Gasteiger partial charge in [-0.05, 0) is 16.8 Å². The van der Waals surface area contributed by atoms with Gasteiger partial charge in [0.2, 0.25) is 5.62 Å². The molecule has 0 atom stereocenters. The average molecular weight is 211 g/mol. The van der Waals surface area contributed by atoms with E-state index in [1.807, 2.05) is 0 Å². The molecule has 0 fully saturated rings. The first kappa shape index (κ1) is 11.9. The first-order valence-electron chi connectivity index (χ1n) is 5.77. The molecule has 15 heavy (non-hydrogen) atoms. The lowest BCUT2D eigenvalue weighted by Crippen LogP contribution is -2.23. The lowest BCUT2D eigenvalue weighted by molar-refractivity contribution is 0.500. The van der Waals surface area contributed by atoms with Crippen LogP contribution in [0.3, 0.4) is 0 Å². The number of tetrazole rings is 1. The Morgan fingerprint density at radius 1 is 1.07 bits per heavy atom. The second kappa shape index (κ2) is 6.37. The van der Waals surface area contributed by atoms with Gasteiger partial charge in [-0.15, -0.1) is 0 Å². The maximum atomic E-state index is 7.62. The van der Waals surface area contributed by atoms with Crippen molar-refractivity contribution in [3.63, 3.8) is 0 Å². The molecule has 1 N–H and O–H groups in total. The minimum atomic E-state index is 0.378. The first-order valence-corrected chi connectivity index (χ1v) is 5.77. The highest BCUT2D eigenvalue weighted by atomic mass is 15.6. The van der Waals surface area contributed by atoms with Crippen LogP contribution < -0.4 is 5.62 Å². The quantitative estimate of drug-likeness (QED) is 0.694. The molecule has 5 nitrogen and oxygen atoms in total. The molecule has 0 amide bonds. The minimum absolute atomic E-state index is 0.378. The van der Waals surface area contributed by atoms with Gasteiger partial charge in [0.1, 0.15) is 0 Å². The summed E-state index contributed by atoms with van der Waals surface area (Å²) in [5.74, 6) is 0. The van der Waals surface area contributed by atoms with Crippen molar-refractivity contribution in [2.24, 2.45) is 7.05 Å². The van der Waals surface area contributed by atoms with Crippen molar-refractivity contribution in [3.05, 3.63) is 5.62 Å². The minimum Gasteiger partial charge on any atom is -0.266 e. The number of hydrogen-bond donors (Lipinski definition) is 1. The summed E-state index contributed by atoms with van der Waals surface area (Å²) >= 11 is 0. The molecule has 0 spiro atoms. The van der Waals surface area contributed by atoms with Crippen molar-refractivity contribution >= 4 is 0 Å². The van der Waals surface area contributed by atoms with Crippen molar-refractivity contribution in [2.75, 3.05) is 0 Å². The van der Waals surface area contributed by atoms with E-state index in [1.165, 1.54) is 36.8 Å². The van der Waals surface area contributed by atoms with E-state index in [1.54, 1.807) is 11.7 Å². The van der Waals surface area contributed by atoms with Gasteiger partial charge < -0.3 is 0 Å². The first-order chi connectivity index (χ1) is 7.25. The van der Waals surface area contributed by atoms with Crippen LogP contribution in [0.1, 0.15) is 45.4 Å². The summed E-state index contributed by atoms with van der Waals surface area (Å²) in [5, 5.41) is 15.3. The zero-order valence-corrected chi connectivity index (χ0v) is 9.74. The van der Waals surface area contributed by atoms with Gasteiger partial charge in [-0.2, -0.15) is 0 Å². The maximum absolute atomic E-state index is 7.62. The SMILES string of the molecule is CCCCCCCCn1nnn(C)c1=N. The Hall–Kier alpha value is -1.13. The van der Waals surface area contributed by atoms with Crippen molar-refractivity contribution < 1.29 is 0 Å². The molecule has 0 saturated heterocycles. The number of nitrogens with one attached hydrogen (secondary N) is 1. The zero-order valence-electron chi connectivity index (χ0n) is 9.74. The van der Waals surface area contributed by atoms with E-state index < -0.39 is 0 Å². The smallest absolute Gasteiger partial charge is 0.238 e. The molecular formula is C10H21N5. The Labute approximate surface area is 90.6 Å². The molecule has 0 saturated carbocycles. The molecule has 86 valence electrons. The number of hydrogen-bond acceptors (Lipinski definition) is 3. The fraction of sp³-hybridized carbons (Fsp3) is 0.900. The third kappa shape index (κ3) is 3.85. The molecule has 5 heteroatoms.